The van der Waals surface area contributed by atoms with Crippen molar-refractivity contribution in [2.75, 3.05) is 13.1 Å². The highest BCUT2D eigenvalue weighted by Crippen LogP contribution is 2.37. The van der Waals surface area contributed by atoms with Crippen LogP contribution in [-0.2, 0) is 16.6 Å². The molecule has 3 aromatic carbocycles. The summed E-state index contributed by atoms with van der Waals surface area (Å²) in [5.41, 5.74) is 9.34. The molecule has 0 bridgehead atoms. The van der Waals surface area contributed by atoms with Gasteiger partial charge in [-0.2, -0.15) is 0 Å². The Morgan fingerprint density at radius 1 is 0.976 bits per heavy atom. The molecule has 0 atom stereocenters. The van der Waals surface area contributed by atoms with Gasteiger partial charge in [-0.25, -0.2) is 13.1 Å². The zero-order valence-electron chi connectivity index (χ0n) is 22.8. The van der Waals surface area contributed by atoms with Gasteiger partial charge in [0.1, 0.15) is 16.4 Å². The SMILES string of the molecule is Cc1ccc(-n2c(C(N)=O)nnc2-c2cc(S(=O)(=O)NC3CCN(Cc4cccc(C)c4)CC3)c(O)cc2O)cc1. The highest BCUT2D eigenvalue weighted by Gasteiger charge is 2.29. The Bertz CT molecular complexity index is 1690. The fraction of sp³-hybridized carbons (Fsp3) is 0.276. The number of nitrogens with zero attached hydrogens (tertiary/aromatic N) is 4. The Labute approximate surface area is 238 Å². The van der Waals surface area contributed by atoms with Gasteiger partial charge < -0.3 is 15.9 Å². The first-order chi connectivity index (χ1) is 19.5. The van der Waals surface area contributed by atoms with E-state index in [2.05, 4.69) is 44.9 Å². The average molecular weight is 577 g/mol. The number of aromatic hydroxyl groups is 2. The monoisotopic (exact) mass is 576 g/mol. The quantitative estimate of drug-likeness (QED) is 0.249. The second-order valence-corrected chi connectivity index (χ2v) is 12.1. The third-order valence-corrected chi connectivity index (χ3v) is 8.73. The molecule has 2 heterocycles. The predicted octanol–water partition coefficient (Wildman–Crippen LogP) is 3.00. The number of nitrogens with one attached hydrogen (secondary N) is 1. The van der Waals surface area contributed by atoms with Crippen LogP contribution in [0.2, 0.25) is 0 Å². The van der Waals surface area contributed by atoms with Crippen molar-refractivity contribution < 1.29 is 23.4 Å². The van der Waals surface area contributed by atoms with Crippen LogP contribution in [0.1, 0.15) is 40.2 Å². The lowest BCUT2D eigenvalue weighted by atomic mass is 10.0. The van der Waals surface area contributed by atoms with Crippen molar-refractivity contribution in [2.45, 2.75) is 44.2 Å². The van der Waals surface area contributed by atoms with Crippen LogP contribution in [-0.4, -0.2) is 63.3 Å². The maximum absolute atomic E-state index is 13.4. The molecule has 0 saturated carbocycles. The number of sulfonamides is 1. The molecule has 0 spiro atoms. The minimum Gasteiger partial charge on any atom is -0.507 e. The molecule has 1 aliphatic rings. The molecule has 5 rings (SSSR count). The van der Waals surface area contributed by atoms with E-state index in [9.17, 15) is 23.4 Å². The highest BCUT2D eigenvalue weighted by atomic mass is 32.2. The number of primary amides is 1. The van der Waals surface area contributed by atoms with Crippen molar-refractivity contribution >= 4 is 15.9 Å². The van der Waals surface area contributed by atoms with E-state index in [0.717, 1.165) is 24.2 Å². The summed E-state index contributed by atoms with van der Waals surface area (Å²) in [4.78, 5) is 14.0. The number of hydrogen-bond acceptors (Lipinski definition) is 8. The van der Waals surface area contributed by atoms with Gasteiger partial charge in [0, 0.05) is 37.4 Å². The Balaban J connectivity index is 1.40. The lowest BCUT2D eigenvalue weighted by Gasteiger charge is -2.32. The van der Waals surface area contributed by atoms with Gasteiger partial charge in [-0.15, -0.1) is 10.2 Å². The van der Waals surface area contributed by atoms with Gasteiger partial charge >= 0.3 is 0 Å². The molecule has 1 amide bonds. The molecule has 1 saturated heterocycles. The number of rotatable bonds is 8. The number of nitrogens with two attached hydrogens (primary N) is 1. The van der Waals surface area contributed by atoms with Gasteiger partial charge in [-0.3, -0.25) is 14.3 Å². The molecule has 5 N–H and O–H groups in total. The number of carbonyl (C=O) groups is 1. The van der Waals surface area contributed by atoms with Gasteiger partial charge in [0.15, 0.2) is 5.82 Å². The number of aryl methyl sites for hydroxylation is 2. The number of phenols is 2. The van der Waals surface area contributed by atoms with Crippen LogP contribution in [0.15, 0.2) is 65.6 Å². The zero-order valence-corrected chi connectivity index (χ0v) is 23.6. The Morgan fingerprint density at radius 2 is 1.68 bits per heavy atom. The van der Waals surface area contributed by atoms with Crippen molar-refractivity contribution in [1.29, 1.82) is 0 Å². The molecule has 0 unspecified atom stereocenters. The van der Waals surface area contributed by atoms with E-state index in [1.165, 1.54) is 15.7 Å². The number of likely N-dealkylation sites (tertiary alicyclic amines) is 1. The van der Waals surface area contributed by atoms with Gasteiger partial charge in [0.25, 0.3) is 5.91 Å². The number of carbonyl (C=O) groups excluding carboxylic acids is 1. The molecule has 0 aliphatic carbocycles. The molecular formula is C29H32N6O5S. The van der Waals surface area contributed by atoms with Gasteiger partial charge in [-0.1, -0.05) is 47.5 Å². The minimum absolute atomic E-state index is 0.0129. The van der Waals surface area contributed by atoms with Crippen LogP contribution in [0.3, 0.4) is 0 Å². The van der Waals surface area contributed by atoms with Gasteiger partial charge in [0.2, 0.25) is 15.8 Å². The average Bonchev–Trinajstić information content (AvgIpc) is 3.35. The van der Waals surface area contributed by atoms with E-state index < -0.39 is 32.3 Å². The third kappa shape index (κ3) is 6.09. The number of piperidine rings is 1. The molecule has 214 valence electrons. The van der Waals surface area contributed by atoms with Gasteiger partial charge in [-0.05, 0) is 50.5 Å². The predicted molar refractivity (Wildman–Crippen MR) is 153 cm³/mol. The highest BCUT2D eigenvalue weighted by molar-refractivity contribution is 7.89. The van der Waals surface area contributed by atoms with Crippen molar-refractivity contribution in [3.63, 3.8) is 0 Å². The normalized spacial score (nSPS) is 14.8. The van der Waals surface area contributed by atoms with E-state index in [4.69, 9.17) is 5.73 Å². The number of phenolic OH excluding ortho intramolecular Hbond substituents is 2. The first-order valence-electron chi connectivity index (χ1n) is 13.2. The summed E-state index contributed by atoms with van der Waals surface area (Å²) in [6.45, 7) is 6.17. The molecule has 11 nitrogen and oxygen atoms in total. The van der Waals surface area contributed by atoms with Crippen LogP contribution in [0.5, 0.6) is 11.5 Å². The van der Waals surface area contributed by atoms with Crippen molar-refractivity contribution in [1.82, 2.24) is 24.4 Å². The second-order valence-electron chi connectivity index (χ2n) is 10.4. The molecule has 1 aliphatic heterocycles. The molecule has 4 aromatic rings. The third-order valence-electron chi connectivity index (χ3n) is 7.18. The molecular weight excluding hydrogens is 544 g/mol. The summed E-state index contributed by atoms with van der Waals surface area (Å²) in [5, 5.41) is 29.2. The first kappa shape index (κ1) is 28.3. The first-order valence-corrected chi connectivity index (χ1v) is 14.7. The number of amides is 1. The van der Waals surface area contributed by atoms with Crippen LogP contribution >= 0.6 is 0 Å². The van der Waals surface area contributed by atoms with Crippen molar-refractivity contribution in [3.8, 4) is 28.6 Å². The van der Waals surface area contributed by atoms with Crippen LogP contribution in [0.4, 0.5) is 0 Å². The maximum atomic E-state index is 13.4. The topological polar surface area (TPSA) is 164 Å². The summed E-state index contributed by atoms with van der Waals surface area (Å²) in [5.74, 6) is -2.13. The largest absolute Gasteiger partial charge is 0.507 e. The molecule has 0 radical (unpaired) electrons. The van der Waals surface area contributed by atoms with Crippen molar-refractivity contribution in [3.05, 3.63) is 83.2 Å². The number of aromatic nitrogens is 3. The summed E-state index contributed by atoms with van der Waals surface area (Å²) in [6.07, 6.45) is 1.20. The Hall–Kier alpha value is -4.26. The molecule has 1 fully saturated rings. The summed E-state index contributed by atoms with van der Waals surface area (Å²) in [6, 6.07) is 17.1. The van der Waals surface area contributed by atoms with E-state index >= 15 is 0 Å². The summed E-state index contributed by atoms with van der Waals surface area (Å²) in [7, 11) is -4.19. The standard InChI is InChI=1S/C29H32N6O5S/c1-18-6-8-22(9-7-18)35-28(31-32-29(35)27(30)38)23-15-26(25(37)16-24(23)36)41(39,40)33-21-10-12-34(13-11-21)17-20-5-3-4-19(2)14-20/h3-9,14-16,21,33,36-37H,10-13,17H2,1-2H3,(H2,30,38). The summed E-state index contributed by atoms with van der Waals surface area (Å²) < 4.78 is 30.9. The van der Waals surface area contributed by atoms with E-state index in [0.29, 0.717) is 31.6 Å². The summed E-state index contributed by atoms with van der Waals surface area (Å²) >= 11 is 0. The minimum atomic E-state index is -4.19. The lowest BCUT2D eigenvalue weighted by molar-refractivity contribution is 0.0988. The van der Waals surface area contributed by atoms with Gasteiger partial charge in [0.05, 0.1) is 5.56 Å². The van der Waals surface area contributed by atoms with Crippen LogP contribution in [0.25, 0.3) is 17.1 Å². The van der Waals surface area contributed by atoms with E-state index in [-0.39, 0.29) is 23.3 Å². The second kappa shape index (κ2) is 11.3. The van der Waals surface area contributed by atoms with E-state index in [1.54, 1.807) is 12.1 Å². The lowest BCUT2D eigenvalue weighted by Crippen LogP contribution is -2.44. The Morgan fingerprint density at radius 3 is 2.34 bits per heavy atom. The number of hydrogen-bond donors (Lipinski definition) is 4. The fourth-order valence-corrected chi connectivity index (χ4v) is 6.48. The smallest absolute Gasteiger partial charge is 0.287 e. The molecule has 12 heteroatoms. The molecule has 1 aromatic heterocycles. The zero-order chi connectivity index (χ0) is 29.3. The fourth-order valence-electron chi connectivity index (χ4n) is 5.07. The van der Waals surface area contributed by atoms with Crippen LogP contribution < -0.4 is 10.5 Å². The van der Waals surface area contributed by atoms with Crippen molar-refractivity contribution in [2.24, 2.45) is 5.73 Å². The van der Waals surface area contributed by atoms with E-state index in [1.807, 2.05) is 25.1 Å². The Kier molecular flexibility index (Phi) is 7.80. The molecule has 41 heavy (non-hydrogen) atoms. The maximum Gasteiger partial charge on any atom is 0.287 e. The van der Waals surface area contributed by atoms with Crippen LogP contribution in [0, 0.1) is 13.8 Å². The number of benzene rings is 3.